The van der Waals surface area contributed by atoms with E-state index in [0.29, 0.717) is 49.1 Å². The van der Waals surface area contributed by atoms with Crippen molar-refractivity contribution in [2.45, 2.75) is 37.5 Å². The minimum absolute atomic E-state index is 0.0325. The van der Waals surface area contributed by atoms with Gasteiger partial charge in [-0.25, -0.2) is 8.42 Å². The molecule has 1 heterocycles. The molecule has 1 aliphatic rings. The van der Waals surface area contributed by atoms with Gasteiger partial charge in [-0.1, -0.05) is 6.92 Å². The van der Waals surface area contributed by atoms with Crippen LogP contribution in [0, 0.1) is 0 Å². The van der Waals surface area contributed by atoms with Crippen LogP contribution in [0.4, 0.5) is 5.69 Å². The molecule has 0 radical (unpaired) electrons. The summed E-state index contributed by atoms with van der Waals surface area (Å²) in [5.41, 5.74) is 1.59. The highest BCUT2D eigenvalue weighted by Crippen LogP contribution is 2.36. The number of hydrogen-bond donors (Lipinski definition) is 1. The van der Waals surface area contributed by atoms with Crippen molar-refractivity contribution in [1.29, 1.82) is 0 Å². The molecule has 27 heavy (non-hydrogen) atoms. The lowest BCUT2D eigenvalue weighted by Gasteiger charge is -2.18. The highest BCUT2D eigenvalue weighted by atomic mass is 79.9. The first-order chi connectivity index (χ1) is 12.8. The zero-order chi connectivity index (χ0) is 20.0. The Morgan fingerprint density at radius 3 is 2.74 bits per heavy atom. The zero-order valence-corrected chi connectivity index (χ0v) is 18.0. The Morgan fingerprint density at radius 2 is 2.07 bits per heavy atom. The molecule has 1 aromatic carbocycles. The normalized spacial score (nSPS) is 13.5. The van der Waals surface area contributed by atoms with Crippen LogP contribution in [-0.4, -0.2) is 52.8 Å². The minimum atomic E-state index is -3.67. The van der Waals surface area contributed by atoms with Crippen LogP contribution < -0.4 is 10.2 Å². The van der Waals surface area contributed by atoms with Crippen molar-refractivity contribution >= 4 is 43.3 Å². The molecule has 1 aromatic rings. The van der Waals surface area contributed by atoms with Crippen LogP contribution in [0.25, 0.3) is 0 Å². The van der Waals surface area contributed by atoms with Crippen molar-refractivity contribution in [2.24, 2.45) is 0 Å². The van der Waals surface area contributed by atoms with Crippen LogP contribution in [0.3, 0.4) is 0 Å². The van der Waals surface area contributed by atoms with Crippen LogP contribution in [0.5, 0.6) is 0 Å². The average molecular weight is 461 g/mol. The van der Waals surface area contributed by atoms with Crippen molar-refractivity contribution in [3.05, 3.63) is 22.2 Å². The number of hydrogen-bond acceptors (Lipinski definition) is 5. The predicted molar refractivity (Wildman–Crippen MR) is 107 cm³/mol. The molecule has 0 atom stereocenters. The number of sulfone groups is 1. The van der Waals surface area contributed by atoms with E-state index in [1.807, 2.05) is 0 Å². The van der Waals surface area contributed by atoms with Gasteiger partial charge in [0.05, 0.1) is 10.6 Å². The maximum atomic E-state index is 12.7. The molecule has 1 aliphatic heterocycles. The van der Waals surface area contributed by atoms with Crippen LogP contribution in [0.2, 0.25) is 0 Å². The van der Waals surface area contributed by atoms with E-state index < -0.39 is 9.84 Å². The number of ether oxygens (including phenoxy) is 1. The number of rotatable bonds is 9. The summed E-state index contributed by atoms with van der Waals surface area (Å²) >= 11 is 3.33. The van der Waals surface area contributed by atoms with E-state index in [2.05, 4.69) is 21.2 Å². The fourth-order valence-corrected chi connectivity index (χ4v) is 5.40. The number of halogens is 1. The molecule has 0 spiro atoms. The molecule has 1 N–H and O–H groups in total. The Balaban J connectivity index is 2.10. The van der Waals surface area contributed by atoms with E-state index in [1.54, 1.807) is 31.1 Å². The van der Waals surface area contributed by atoms with Crippen LogP contribution >= 0.6 is 15.9 Å². The number of benzene rings is 1. The van der Waals surface area contributed by atoms with Gasteiger partial charge in [-0.05, 0) is 46.5 Å². The summed E-state index contributed by atoms with van der Waals surface area (Å²) in [6.45, 7) is 3.32. The number of nitrogens with one attached hydrogen (secondary N) is 1. The summed E-state index contributed by atoms with van der Waals surface area (Å²) in [5.74, 6) is -0.632. The summed E-state index contributed by atoms with van der Waals surface area (Å²) in [4.78, 5) is 25.7. The van der Waals surface area contributed by atoms with Gasteiger partial charge in [0.1, 0.15) is 0 Å². The first kappa shape index (κ1) is 21.8. The van der Waals surface area contributed by atoms with Crippen molar-refractivity contribution < 1.29 is 22.7 Å². The third-order valence-electron chi connectivity index (χ3n) is 4.41. The molecule has 0 unspecified atom stereocenters. The monoisotopic (exact) mass is 460 g/mol. The lowest BCUT2D eigenvalue weighted by atomic mass is 10.2. The minimum Gasteiger partial charge on any atom is -0.385 e. The topological polar surface area (TPSA) is 92.8 Å². The number of nitrogens with zero attached hydrogens (tertiary/aromatic N) is 1. The lowest BCUT2D eigenvalue weighted by Crippen LogP contribution is -2.28. The third-order valence-corrected chi connectivity index (χ3v) is 7.08. The molecule has 0 fully saturated rings. The quantitative estimate of drug-likeness (QED) is 0.569. The molecule has 150 valence electrons. The SMILES string of the molecule is CCC(=O)N1CCc2cc(Br)c(S(=O)(=O)CCC(=O)NCCCOC)cc21. The van der Waals surface area contributed by atoms with Gasteiger partial charge in [0.2, 0.25) is 11.8 Å². The van der Waals surface area contributed by atoms with Crippen LogP contribution in [0.1, 0.15) is 31.7 Å². The maximum absolute atomic E-state index is 12.7. The summed E-state index contributed by atoms with van der Waals surface area (Å²) in [6.07, 6.45) is 1.62. The largest absolute Gasteiger partial charge is 0.385 e. The van der Waals surface area contributed by atoms with Crippen molar-refractivity contribution in [3.63, 3.8) is 0 Å². The Bertz CT molecular complexity index is 810. The van der Waals surface area contributed by atoms with Crippen molar-refractivity contribution in [3.8, 4) is 0 Å². The molecular weight excluding hydrogens is 436 g/mol. The molecule has 7 nitrogen and oxygen atoms in total. The Labute approximate surface area is 168 Å². The second kappa shape index (κ2) is 9.66. The summed E-state index contributed by atoms with van der Waals surface area (Å²) in [6, 6.07) is 3.31. The molecule has 0 saturated carbocycles. The first-order valence-corrected chi connectivity index (χ1v) is 11.4. The van der Waals surface area contributed by atoms with E-state index in [1.165, 1.54) is 0 Å². The molecule has 0 saturated heterocycles. The van der Waals surface area contributed by atoms with Crippen LogP contribution in [-0.2, 0) is 30.6 Å². The Kier molecular flexibility index (Phi) is 7.81. The fraction of sp³-hybridized carbons (Fsp3) is 0.556. The van der Waals surface area contributed by atoms with Gasteiger partial charge in [0, 0.05) is 49.8 Å². The van der Waals surface area contributed by atoms with Gasteiger partial charge in [-0.3, -0.25) is 9.59 Å². The molecular formula is C18H25BrN2O5S. The van der Waals surface area contributed by atoms with Gasteiger partial charge >= 0.3 is 0 Å². The van der Waals surface area contributed by atoms with E-state index in [-0.39, 0.29) is 28.9 Å². The van der Waals surface area contributed by atoms with Gasteiger partial charge < -0.3 is 15.0 Å². The predicted octanol–water partition coefficient (Wildman–Crippen LogP) is 2.06. The summed E-state index contributed by atoms with van der Waals surface area (Å²) in [7, 11) is -2.09. The number of methoxy groups -OCH3 is 1. The smallest absolute Gasteiger partial charge is 0.226 e. The highest BCUT2D eigenvalue weighted by molar-refractivity contribution is 9.10. The van der Waals surface area contributed by atoms with Crippen LogP contribution in [0.15, 0.2) is 21.5 Å². The van der Waals surface area contributed by atoms with Gasteiger partial charge in [-0.2, -0.15) is 0 Å². The van der Waals surface area contributed by atoms with Crippen molar-refractivity contribution in [2.75, 3.05) is 37.5 Å². The van der Waals surface area contributed by atoms with E-state index >= 15 is 0 Å². The van der Waals surface area contributed by atoms with Crippen molar-refractivity contribution in [1.82, 2.24) is 5.32 Å². The Morgan fingerprint density at radius 1 is 1.33 bits per heavy atom. The molecule has 0 aromatic heterocycles. The van der Waals surface area contributed by atoms with Gasteiger partial charge in [0.15, 0.2) is 9.84 Å². The number of anilines is 1. The molecule has 9 heteroatoms. The number of carbonyl (C=O) groups excluding carboxylic acids is 2. The van der Waals surface area contributed by atoms with E-state index in [9.17, 15) is 18.0 Å². The summed E-state index contributed by atoms with van der Waals surface area (Å²) in [5, 5.41) is 2.68. The van der Waals surface area contributed by atoms with E-state index in [0.717, 1.165) is 5.56 Å². The van der Waals surface area contributed by atoms with Gasteiger partial charge in [-0.15, -0.1) is 0 Å². The zero-order valence-electron chi connectivity index (χ0n) is 15.6. The highest BCUT2D eigenvalue weighted by Gasteiger charge is 2.28. The second-order valence-corrected chi connectivity index (χ2v) is 9.26. The number of amides is 2. The first-order valence-electron chi connectivity index (χ1n) is 8.91. The Hall–Kier alpha value is -1.45. The average Bonchev–Trinajstić information content (AvgIpc) is 3.05. The number of carbonyl (C=O) groups is 2. The molecule has 0 aliphatic carbocycles. The standard InChI is InChI=1S/C18H25BrN2O5S/c1-3-18(23)21-8-5-13-11-14(19)16(12-15(13)21)27(24,25)10-6-17(22)20-7-4-9-26-2/h11-12H,3-10H2,1-2H3,(H,20,22). The maximum Gasteiger partial charge on any atom is 0.226 e. The number of fused-ring (bicyclic) bond motifs is 1. The molecule has 2 rings (SSSR count). The molecule has 0 bridgehead atoms. The second-order valence-electron chi connectivity index (χ2n) is 6.33. The molecule has 2 amide bonds. The van der Waals surface area contributed by atoms with Gasteiger partial charge in [0.25, 0.3) is 0 Å². The van der Waals surface area contributed by atoms with E-state index in [4.69, 9.17) is 4.74 Å². The fourth-order valence-electron chi connectivity index (χ4n) is 2.95. The lowest BCUT2D eigenvalue weighted by molar-refractivity contribution is -0.120. The third kappa shape index (κ3) is 5.52. The summed E-state index contributed by atoms with van der Waals surface area (Å²) < 4.78 is 30.9.